The summed E-state index contributed by atoms with van der Waals surface area (Å²) in [4.78, 5) is 60.2. The highest BCUT2D eigenvalue weighted by Crippen LogP contribution is 2.46. The van der Waals surface area contributed by atoms with E-state index in [1.165, 1.54) is 4.90 Å². The molecule has 2 saturated heterocycles. The maximum Gasteiger partial charge on any atom is 0.259 e. The molecule has 13 nitrogen and oxygen atoms in total. The first-order valence-electron chi connectivity index (χ1n) is 19.4. The summed E-state index contributed by atoms with van der Waals surface area (Å²) in [6.07, 6.45) is 5.71. The number of rotatable bonds is 12. The molecule has 14 heteroatoms. The molecule has 0 radical (unpaired) electrons. The van der Waals surface area contributed by atoms with Crippen LogP contribution >= 0.6 is 0 Å². The number of carbonyl (C=O) groups excluding carboxylic acids is 4. The molecule has 2 N–H and O–H groups in total. The van der Waals surface area contributed by atoms with Crippen molar-refractivity contribution in [3.8, 4) is 22.5 Å². The Morgan fingerprint density at radius 2 is 1.60 bits per heavy atom. The number of piperidine rings is 1. The number of aromatic nitrogens is 3. The van der Waals surface area contributed by atoms with Crippen molar-refractivity contribution in [3.05, 3.63) is 73.3 Å². The van der Waals surface area contributed by atoms with Crippen molar-refractivity contribution < 1.29 is 27.6 Å². The largest absolute Gasteiger partial charge is 0.343 e. The average Bonchev–Trinajstić information content (AvgIpc) is 4.07. The van der Waals surface area contributed by atoms with Gasteiger partial charge in [0.2, 0.25) is 27.7 Å². The van der Waals surface area contributed by atoms with E-state index in [9.17, 15) is 27.6 Å². The van der Waals surface area contributed by atoms with Crippen LogP contribution in [0, 0.1) is 17.3 Å². The van der Waals surface area contributed by atoms with E-state index < -0.39 is 62.0 Å². The third kappa shape index (κ3) is 7.83. The number of sulfonamides is 1. The fraction of sp³-hybridized carbons (Fsp3) is 0.512. The van der Waals surface area contributed by atoms with E-state index in [2.05, 4.69) is 26.9 Å². The van der Waals surface area contributed by atoms with Crippen molar-refractivity contribution in [2.75, 3.05) is 19.6 Å². The van der Waals surface area contributed by atoms with Crippen molar-refractivity contribution in [2.45, 2.75) is 95.0 Å². The molecule has 4 aliphatic rings. The van der Waals surface area contributed by atoms with Crippen LogP contribution in [0.2, 0.25) is 0 Å². The Morgan fingerprint density at radius 3 is 2.18 bits per heavy atom. The molecule has 3 aromatic rings. The molecule has 292 valence electrons. The van der Waals surface area contributed by atoms with Crippen LogP contribution in [-0.4, -0.2) is 93.3 Å². The van der Waals surface area contributed by atoms with Gasteiger partial charge in [-0.2, -0.15) is 0 Å². The molecule has 5 atom stereocenters. The van der Waals surface area contributed by atoms with E-state index in [4.69, 9.17) is 0 Å². The Hall–Kier alpha value is -4.85. The molecule has 3 heterocycles. The molecule has 7 rings (SSSR count). The number of amides is 4. The zero-order valence-electron chi connectivity index (χ0n) is 31.8. The highest BCUT2D eigenvalue weighted by molar-refractivity contribution is 7.91. The first-order chi connectivity index (χ1) is 26.2. The van der Waals surface area contributed by atoms with Gasteiger partial charge in [-0.3, -0.25) is 23.9 Å². The Kier molecular flexibility index (Phi) is 10.5. The molecule has 2 aromatic carbocycles. The molecule has 0 spiro atoms. The maximum atomic E-state index is 14.9. The van der Waals surface area contributed by atoms with Crippen LogP contribution in [0.25, 0.3) is 22.5 Å². The number of nitrogens with zero attached hydrogens (tertiary/aromatic N) is 5. The van der Waals surface area contributed by atoms with Gasteiger partial charge in [0.15, 0.2) is 0 Å². The minimum absolute atomic E-state index is 0.00150. The van der Waals surface area contributed by atoms with Crippen LogP contribution in [0.15, 0.2) is 73.3 Å². The maximum absolute atomic E-state index is 14.9. The summed E-state index contributed by atoms with van der Waals surface area (Å²) < 4.78 is 29.6. The summed E-state index contributed by atoms with van der Waals surface area (Å²) in [6.45, 7) is 11.0. The predicted octanol–water partition coefficient (Wildman–Crippen LogP) is 4.49. The number of nitrogens with one attached hydrogen (secondary N) is 2. The van der Waals surface area contributed by atoms with Crippen molar-refractivity contribution in [3.63, 3.8) is 0 Å². The van der Waals surface area contributed by atoms with Gasteiger partial charge in [-0.25, -0.2) is 13.1 Å². The topological polar surface area (TPSA) is 164 Å². The second-order valence-corrected chi connectivity index (χ2v) is 18.6. The van der Waals surface area contributed by atoms with Gasteiger partial charge >= 0.3 is 0 Å². The molecule has 1 aromatic heterocycles. The molecule has 2 saturated carbocycles. The molecule has 4 fully saturated rings. The smallest absolute Gasteiger partial charge is 0.259 e. The fourth-order valence-corrected chi connectivity index (χ4v) is 9.48. The van der Waals surface area contributed by atoms with Gasteiger partial charge in [0.25, 0.3) is 5.91 Å². The van der Waals surface area contributed by atoms with Gasteiger partial charge in [0.05, 0.1) is 22.9 Å². The molecule has 0 unspecified atom stereocenters. The molecular formula is C41H51N7O6S. The van der Waals surface area contributed by atoms with Gasteiger partial charge in [-0.15, -0.1) is 11.7 Å². The van der Waals surface area contributed by atoms with Gasteiger partial charge in [0, 0.05) is 49.5 Å². The minimum atomic E-state index is -3.89. The van der Waals surface area contributed by atoms with E-state index in [-0.39, 0.29) is 37.6 Å². The number of hydrogen-bond acceptors (Lipinski definition) is 8. The minimum Gasteiger partial charge on any atom is -0.343 e. The summed E-state index contributed by atoms with van der Waals surface area (Å²) in [5.74, 6) is -3.05. The Morgan fingerprint density at radius 1 is 0.964 bits per heavy atom. The third-order valence-electron chi connectivity index (χ3n) is 11.7. The van der Waals surface area contributed by atoms with Crippen LogP contribution in [0.3, 0.4) is 0 Å². The van der Waals surface area contributed by atoms with Crippen molar-refractivity contribution in [1.29, 1.82) is 0 Å². The molecule has 2 aliphatic heterocycles. The predicted molar refractivity (Wildman–Crippen MR) is 207 cm³/mol. The average molecular weight is 770 g/mol. The lowest BCUT2D eigenvalue weighted by Crippen LogP contribution is -2.57. The zero-order chi connectivity index (χ0) is 39.1. The molecule has 2 aliphatic carbocycles. The van der Waals surface area contributed by atoms with E-state index in [1.54, 1.807) is 10.8 Å². The summed E-state index contributed by atoms with van der Waals surface area (Å²) in [7, 11) is -3.89. The highest BCUT2D eigenvalue weighted by Gasteiger charge is 2.62. The van der Waals surface area contributed by atoms with E-state index in [0.717, 1.165) is 36.1 Å². The second kappa shape index (κ2) is 15.0. The number of carbonyl (C=O) groups is 4. The van der Waals surface area contributed by atoms with Crippen LogP contribution in [-0.2, 0) is 29.2 Å². The monoisotopic (exact) mass is 769 g/mol. The van der Waals surface area contributed by atoms with Crippen molar-refractivity contribution >= 4 is 33.7 Å². The van der Waals surface area contributed by atoms with Crippen molar-refractivity contribution in [2.24, 2.45) is 17.3 Å². The summed E-state index contributed by atoms with van der Waals surface area (Å²) in [5.41, 5.74) is 0.938. The standard InChI is InChI=1S/C41H51N7O6S/c1-5-29-25-41(29,39(52)44-55(53,54)31-19-20-31)42-37(50)33-23-30(26-47(33)38(51)32(40(2,3)4)24-34(49)46-21-13-8-14-22-46)48-36(28-17-11-7-12-18-28)35(43-45-48)27-15-9-6-10-16-27/h5-7,9-12,15-18,29-33H,1,8,13-14,19-26H2,2-4H3,(H,42,50)(H,44,52)/t29-,30-,32-,33+,41-/m1/s1. The van der Waals surface area contributed by atoms with Crippen LogP contribution in [0.1, 0.15) is 78.2 Å². The number of benzene rings is 2. The molecular weight excluding hydrogens is 719 g/mol. The second-order valence-electron chi connectivity index (χ2n) is 16.6. The fourth-order valence-electron chi connectivity index (χ4n) is 8.12. The van der Waals surface area contributed by atoms with Crippen LogP contribution < -0.4 is 10.0 Å². The number of likely N-dealkylation sites (tertiary alicyclic amines) is 2. The molecule has 0 bridgehead atoms. The van der Waals surface area contributed by atoms with Crippen molar-refractivity contribution in [1.82, 2.24) is 34.8 Å². The normalized spacial score (nSPS) is 24.5. The third-order valence-corrected chi connectivity index (χ3v) is 13.5. The zero-order valence-corrected chi connectivity index (χ0v) is 32.6. The molecule has 55 heavy (non-hydrogen) atoms. The van der Waals surface area contributed by atoms with Gasteiger partial charge in [-0.05, 0) is 43.9 Å². The SMILES string of the molecule is C=C[C@@H]1C[C@]1(NC(=O)[C@@H]1C[C@@H](n2nnc(-c3ccccc3)c2-c2ccccc2)CN1C(=O)[C@@H](CC(=O)N1CCCCC1)C(C)(C)C)C(=O)NS(=O)(=O)C1CC1. The van der Waals surface area contributed by atoms with E-state index in [1.807, 2.05) is 86.3 Å². The van der Waals surface area contributed by atoms with E-state index in [0.29, 0.717) is 31.6 Å². The van der Waals surface area contributed by atoms with Crippen LogP contribution in [0.4, 0.5) is 0 Å². The lowest BCUT2D eigenvalue weighted by atomic mass is 9.77. The quantitative estimate of drug-likeness (QED) is 0.255. The van der Waals surface area contributed by atoms with Gasteiger partial charge in [0.1, 0.15) is 17.3 Å². The Balaban J connectivity index is 1.24. The van der Waals surface area contributed by atoms with Crippen LogP contribution in [0.5, 0.6) is 0 Å². The molecule has 4 amide bonds. The van der Waals surface area contributed by atoms with Gasteiger partial charge < -0.3 is 15.1 Å². The lowest BCUT2D eigenvalue weighted by molar-refractivity contribution is -0.148. The summed E-state index contributed by atoms with van der Waals surface area (Å²) >= 11 is 0. The number of hydrogen-bond donors (Lipinski definition) is 2. The summed E-state index contributed by atoms with van der Waals surface area (Å²) in [5, 5.41) is 11.5. The summed E-state index contributed by atoms with van der Waals surface area (Å²) in [6, 6.07) is 17.8. The first kappa shape index (κ1) is 38.4. The van der Waals surface area contributed by atoms with Gasteiger partial charge in [-0.1, -0.05) is 92.7 Å². The first-order valence-corrected chi connectivity index (χ1v) is 20.9. The van der Waals surface area contributed by atoms with E-state index >= 15 is 0 Å². The lowest BCUT2D eigenvalue weighted by Gasteiger charge is -2.36. The Labute approximate surface area is 323 Å². The Bertz CT molecular complexity index is 2050. The highest BCUT2D eigenvalue weighted by atomic mass is 32.2.